The second-order valence-electron chi connectivity index (χ2n) is 10.2. The number of halogens is 1. The van der Waals surface area contributed by atoms with Crippen LogP contribution in [0.1, 0.15) is 57.9 Å². The van der Waals surface area contributed by atoms with Crippen molar-refractivity contribution in [1.29, 1.82) is 0 Å². The quantitative estimate of drug-likeness (QED) is 0.558. The Labute approximate surface area is 197 Å². The fourth-order valence-corrected chi connectivity index (χ4v) is 5.78. The minimum Gasteiger partial charge on any atom is -0.492 e. The van der Waals surface area contributed by atoms with Gasteiger partial charge in [0.15, 0.2) is 0 Å². The van der Waals surface area contributed by atoms with E-state index < -0.39 is 5.41 Å². The Morgan fingerprint density at radius 3 is 2.36 bits per heavy atom. The molecule has 1 aliphatic heterocycles. The van der Waals surface area contributed by atoms with Crippen molar-refractivity contribution in [3.8, 4) is 5.75 Å². The summed E-state index contributed by atoms with van der Waals surface area (Å²) in [5.74, 6) is 1.87. The molecule has 1 aliphatic carbocycles. The first-order valence-electron chi connectivity index (χ1n) is 12.5. The lowest BCUT2D eigenvalue weighted by molar-refractivity contribution is -0.122. The van der Waals surface area contributed by atoms with Crippen molar-refractivity contribution in [3.63, 3.8) is 0 Å². The van der Waals surface area contributed by atoms with Crippen LogP contribution in [0, 0.1) is 17.7 Å². The molecule has 1 N–H and O–H groups in total. The van der Waals surface area contributed by atoms with E-state index in [1.807, 2.05) is 30.3 Å². The Balaban J connectivity index is 1.36. The molecule has 2 aliphatic rings. The molecule has 0 radical (unpaired) electrons. The number of piperidine rings is 1. The van der Waals surface area contributed by atoms with E-state index >= 15 is 0 Å². The Morgan fingerprint density at radius 1 is 1.03 bits per heavy atom. The minimum absolute atomic E-state index is 0.116. The lowest BCUT2D eigenvalue weighted by Gasteiger charge is -2.36. The summed E-state index contributed by atoms with van der Waals surface area (Å²) in [5, 5.41) is 3.05. The molecule has 2 atom stereocenters. The molecular formula is C28H37FN2O2. The third-order valence-corrected chi connectivity index (χ3v) is 7.26. The summed E-state index contributed by atoms with van der Waals surface area (Å²) in [6.07, 6.45) is 5.61. The van der Waals surface area contributed by atoms with Crippen molar-refractivity contribution in [3.05, 3.63) is 59.9 Å². The van der Waals surface area contributed by atoms with E-state index in [0.29, 0.717) is 30.7 Å². The third-order valence-electron chi connectivity index (χ3n) is 7.26. The molecule has 33 heavy (non-hydrogen) atoms. The fourth-order valence-electron chi connectivity index (χ4n) is 5.78. The van der Waals surface area contributed by atoms with Gasteiger partial charge in [-0.3, -0.25) is 9.69 Å². The van der Waals surface area contributed by atoms with E-state index in [2.05, 4.69) is 24.1 Å². The van der Waals surface area contributed by atoms with Crippen molar-refractivity contribution in [2.24, 2.45) is 11.8 Å². The lowest BCUT2D eigenvalue weighted by atomic mass is 9.68. The van der Waals surface area contributed by atoms with Gasteiger partial charge in [0.2, 0.25) is 5.91 Å². The van der Waals surface area contributed by atoms with E-state index in [1.54, 1.807) is 12.1 Å². The maximum Gasteiger partial charge on any atom is 0.235 e. The maximum absolute atomic E-state index is 14.7. The lowest BCUT2D eigenvalue weighted by Crippen LogP contribution is -2.42. The molecular weight excluding hydrogens is 415 g/mol. The summed E-state index contributed by atoms with van der Waals surface area (Å²) in [4.78, 5) is 15.9. The van der Waals surface area contributed by atoms with Gasteiger partial charge in [0, 0.05) is 30.9 Å². The highest BCUT2D eigenvalue weighted by Crippen LogP contribution is 2.41. The Morgan fingerprint density at radius 2 is 1.70 bits per heavy atom. The highest BCUT2D eigenvalue weighted by Gasteiger charge is 2.42. The summed E-state index contributed by atoms with van der Waals surface area (Å²) in [7, 11) is 0. The zero-order valence-electron chi connectivity index (χ0n) is 20.0. The van der Waals surface area contributed by atoms with Gasteiger partial charge in [-0.1, -0.05) is 51.3 Å². The predicted molar refractivity (Wildman–Crippen MR) is 131 cm³/mol. The molecule has 2 aromatic rings. The van der Waals surface area contributed by atoms with Gasteiger partial charge in [0.25, 0.3) is 0 Å². The van der Waals surface area contributed by atoms with E-state index in [1.165, 1.54) is 12.5 Å². The van der Waals surface area contributed by atoms with Crippen LogP contribution in [0.15, 0.2) is 48.5 Å². The number of hydrogen-bond donors (Lipinski definition) is 1. The van der Waals surface area contributed by atoms with Gasteiger partial charge in [-0.15, -0.1) is 0 Å². The van der Waals surface area contributed by atoms with Crippen LogP contribution in [0.5, 0.6) is 5.75 Å². The highest BCUT2D eigenvalue weighted by atomic mass is 19.1. The van der Waals surface area contributed by atoms with Crippen LogP contribution in [0.4, 0.5) is 10.1 Å². The van der Waals surface area contributed by atoms with E-state index in [4.69, 9.17) is 4.74 Å². The predicted octanol–water partition coefficient (Wildman–Crippen LogP) is 6.02. The average molecular weight is 453 g/mol. The van der Waals surface area contributed by atoms with E-state index in [0.717, 1.165) is 56.5 Å². The van der Waals surface area contributed by atoms with Gasteiger partial charge in [-0.05, 0) is 61.4 Å². The van der Waals surface area contributed by atoms with Gasteiger partial charge in [0.05, 0.1) is 5.41 Å². The number of carbonyl (C=O) groups is 1. The van der Waals surface area contributed by atoms with Crippen LogP contribution >= 0.6 is 0 Å². The average Bonchev–Trinajstić information content (AvgIpc) is 2.80. The molecule has 2 fully saturated rings. The standard InChI is InChI=1S/C28H37FN2O2/c1-21-18-22(2)20-31(19-21)16-17-33-24-12-10-23(11-13-24)30-27(32)28(14-6-3-7-15-28)25-8-4-5-9-26(25)29/h4-5,8-13,21-22H,3,6-7,14-20H2,1-2H3,(H,30,32)/t21-,22+. The van der Waals surface area contributed by atoms with Crippen LogP contribution < -0.4 is 10.1 Å². The topological polar surface area (TPSA) is 41.6 Å². The molecule has 0 spiro atoms. The van der Waals surface area contributed by atoms with Crippen molar-refractivity contribution >= 4 is 11.6 Å². The molecule has 4 nitrogen and oxygen atoms in total. The number of hydrogen-bond acceptors (Lipinski definition) is 3. The van der Waals surface area contributed by atoms with Crippen molar-refractivity contribution in [2.75, 3.05) is 31.6 Å². The van der Waals surface area contributed by atoms with Crippen molar-refractivity contribution in [1.82, 2.24) is 4.90 Å². The second kappa shape index (κ2) is 10.7. The monoisotopic (exact) mass is 452 g/mol. The van der Waals surface area contributed by atoms with Crippen LogP contribution in [0.3, 0.4) is 0 Å². The molecule has 1 heterocycles. The number of benzene rings is 2. The first-order valence-corrected chi connectivity index (χ1v) is 12.5. The first-order chi connectivity index (χ1) is 16.0. The molecule has 178 valence electrons. The molecule has 1 saturated heterocycles. The van der Waals surface area contributed by atoms with Gasteiger partial charge in [-0.2, -0.15) is 0 Å². The van der Waals surface area contributed by atoms with Crippen LogP contribution in [0.25, 0.3) is 0 Å². The van der Waals surface area contributed by atoms with Gasteiger partial charge in [-0.25, -0.2) is 4.39 Å². The smallest absolute Gasteiger partial charge is 0.235 e. The number of amides is 1. The Hall–Kier alpha value is -2.40. The molecule has 1 amide bonds. The molecule has 2 aromatic carbocycles. The first kappa shape index (κ1) is 23.7. The molecule has 0 bridgehead atoms. The van der Waals surface area contributed by atoms with Gasteiger partial charge >= 0.3 is 0 Å². The highest BCUT2D eigenvalue weighted by molar-refractivity contribution is 5.99. The molecule has 5 heteroatoms. The van der Waals surface area contributed by atoms with Crippen LogP contribution in [0.2, 0.25) is 0 Å². The molecule has 4 rings (SSSR count). The molecule has 0 unspecified atom stereocenters. The molecule has 1 saturated carbocycles. The summed E-state index contributed by atoms with van der Waals surface area (Å²) in [6, 6.07) is 14.3. The third kappa shape index (κ3) is 5.75. The number of nitrogens with zero attached hydrogens (tertiary/aromatic N) is 1. The van der Waals surface area contributed by atoms with E-state index in [-0.39, 0.29) is 11.7 Å². The van der Waals surface area contributed by atoms with Crippen molar-refractivity contribution < 1.29 is 13.9 Å². The Kier molecular flexibility index (Phi) is 7.69. The number of likely N-dealkylation sites (tertiary alicyclic amines) is 1. The number of rotatable bonds is 7. The fraction of sp³-hybridized carbons (Fsp3) is 0.536. The van der Waals surface area contributed by atoms with Gasteiger partial charge in [0.1, 0.15) is 18.2 Å². The number of nitrogens with one attached hydrogen (secondary N) is 1. The summed E-state index contributed by atoms with van der Waals surface area (Å²) < 4.78 is 20.6. The summed E-state index contributed by atoms with van der Waals surface area (Å²) in [6.45, 7) is 8.51. The zero-order valence-corrected chi connectivity index (χ0v) is 20.0. The number of carbonyl (C=O) groups excluding carboxylic acids is 1. The van der Waals surface area contributed by atoms with Crippen molar-refractivity contribution in [2.45, 2.75) is 57.8 Å². The zero-order chi connectivity index (χ0) is 23.3. The SMILES string of the molecule is C[C@@H]1C[C@H](C)CN(CCOc2ccc(NC(=O)C3(c4ccccc4F)CCCCC3)cc2)C1. The summed E-state index contributed by atoms with van der Waals surface area (Å²) in [5.41, 5.74) is 0.428. The minimum atomic E-state index is -0.804. The van der Waals surface area contributed by atoms with E-state index in [9.17, 15) is 9.18 Å². The Bertz CT molecular complexity index is 914. The number of ether oxygens (including phenoxy) is 1. The normalized spacial score (nSPS) is 23.1. The number of anilines is 1. The van der Waals surface area contributed by atoms with Crippen LogP contribution in [-0.2, 0) is 10.2 Å². The van der Waals surface area contributed by atoms with Gasteiger partial charge < -0.3 is 10.1 Å². The van der Waals surface area contributed by atoms with Crippen LogP contribution in [-0.4, -0.2) is 37.0 Å². The summed E-state index contributed by atoms with van der Waals surface area (Å²) >= 11 is 0. The largest absolute Gasteiger partial charge is 0.492 e. The second-order valence-corrected chi connectivity index (χ2v) is 10.2. The molecule has 0 aromatic heterocycles. The maximum atomic E-state index is 14.7.